The molecule has 0 aliphatic heterocycles. The van der Waals surface area contributed by atoms with E-state index < -0.39 is 0 Å². The van der Waals surface area contributed by atoms with Gasteiger partial charge in [-0.25, -0.2) is 0 Å². The summed E-state index contributed by atoms with van der Waals surface area (Å²) in [7, 11) is 0. The molecular weight excluding hydrogens is 206 g/mol. The van der Waals surface area contributed by atoms with Gasteiger partial charge in [0, 0.05) is 24.6 Å². The van der Waals surface area contributed by atoms with Crippen LogP contribution in [0.15, 0.2) is 18.2 Å². The van der Waals surface area contributed by atoms with Crippen LogP contribution >= 0.6 is 0 Å². The molecule has 16 heavy (non-hydrogen) atoms. The van der Waals surface area contributed by atoms with Crippen LogP contribution in [0.2, 0.25) is 0 Å². The van der Waals surface area contributed by atoms with Crippen LogP contribution in [0.4, 0.5) is 0 Å². The van der Waals surface area contributed by atoms with Crippen LogP contribution in [0.25, 0.3) is 0 Å². The van der Waals surface area contributed by atoms with Crippen LogP contribution in [0.5, 0.6) is 11.5 Å². The zero-order chi connectivity index (χ0) is 12.0. The average Bonchev–Trinajstić information content (AvgIpc) is 2.22. The van der Waals surface area contributed by atoms with Crippen LogP contribution in [0.1, 0.15) is 23.7 Å². The highest BCUT2D eigenvalue weighted by Gasteiger charge is 2.07. The third kappa shape index (κ3) is 3.54. The predicted octanol–water partition coefficient (Wildman–Crippen LogP) is 1.24. The minimum absolute atomic E-state index is 0.140. The summed E-state index contributed by atoms with van der Waals surface area (Å²) in [4.78, 5) is 11.5. The standard InChI is InChI=1S/C12H13NO3/c1-2-3-4-5-13-12(16)9-6-10(14)8-11(15)7-9/h6-8,14-15H,4-5H2,1H3,(H,13,16). The van der Waals surface area contributed by atoms with Crippen molar-refractivity contribution in [1.82, 2.24) is 5.32 Å². The van der Waals surface area contributed by atoms with Gasteiger partial charge in [-0.1, -0.05) is 0 Å². The van der Waals surface area contributed by atoms with E-state index in [1.165, 1.54) is 18.2 Å². The molecule has 4 heteroatoms. The van der Waals surface area contributed by atoms with Crippen molar-refractivity contribution >= 4 is 5.91 Å². The quantitative estimate of drug-likeness (QED) is 0.529. The molecule has 0 aromatic heterocycles. The third-order valence-electron chi connectivity index (χ3n) is 1.88. The van der Waals surface area contributed by atoms with Gasteiger partial charge in [-0.2, -0.15) is 0 Å². The lowest BCUT2D eigenvalue weighted by atomic mass is 10.2. The molecule has 0 unspecified atom stereocenters. The molecule has 4 nitrogen and oxygen atoms in total. The first kappa shape index (κ1) is 11.9. The van der Waals surface area contributed by atoms with Gasteiger partial charge in [-0.05, 0) is 19.1 Å². The van der Waals surface area contributed by atoms with Crippen LogP contribution in [0.3, 0.4) is 0 Å². The second kappa shape index (κ2) is 5.66. The Labute approximate surface area is 93.9 Å². The van der Waals surface area contributed by atoms with Crippen molar-refractivity contribution in [2.45, 2.75) is 13.3 Å². The number of rotatable bonds is 3. The average molecular weight is 219 g/mol. The highest BCUT2D eigenvalue weighted by molar-refractivity contribution is 5.95. The lowest BCUT2D eigenvalue weighted by Crippen LogP contribution is -2.24. The Morgan fingerprint density at radius 1 is 1.31 bits per heavy atom. The van der Waals surface area contributed by atoms with Gasteiger partial charge in [0.25, 0.3) is 5.91 Å². The molecule has 1 aromatic rings. The molecule has 1 amide bonds. The van der Waals surface area contributed by atoms with Gasteiger partial charge in [0.1, 0.15) is 11.5 Å². The Balaban J connectivity index is 2.61. The molecule has 3 N–H and O–H groups in total. The van der Waals surface area contributed by atoms with Gasteiger partial charge in [0.15, 0.2) is 0 Å². The summed E-state index contributed by atoms with van der Waals surface area (Å²) in [6.45, 7) is 2.17. The first-order valence-corrected chi connectivity index (χ1v) is 4.84. The molecule has 0 spiro atoms. The van der Waals surface area contributed by atoms with E-state index in [2.05, 4.69) is 17.2 Å². The number of hydrogen-bond donors (Lipinski definition) is 3. The molecule has 1 aromatic carbocycles. The highest BCUT2D eigenvalue weighted by atomic mass is 16.3. The molecule has 0 bridgehead atoms. The van der Waals surface area contributed by atoms with E-state index in [0.717, 1.165) is 0 Å². The zero-order valence-corrected chi connectivity index (χ0v) is 8.95. The number of phenolic OH excluding ortho intramolecular Hbond substituents is 2. The van der Waals surface area contributed by atoms with Crippen molar-refractivity contribution in [3.05, 3.63) is 23.8 Å². The van der Waals surface area contributed by atoms with Crippen molar-refractivity contribution in [2.75, 3.05) is 6.54 Å². The summed E-state index contributed by atoms with van der Waals surface area (Å²) in [6, 6.07) is 3.75. The summed E-state index contributed by atoms with van der Waals surface area (Å²) in [6.07, 6.45) is 0.576. The Morgan fingerprint density at radius 2 is 1.94 bits per heavy atom. The van der Waals surface area contributed by atoms with Gasteiger partial charge in [-0.15, -0.1) is 11.8 Å². The van der Waals surface area contributed by atoms with E-state index in [4.69, 9.17) is 0 Å². The second-order valence-corrected chi connectivity index (χ2v) is 3.17. The molecule has 0 aliphatic rings. The largest absolute Gasteiger partial charge is 0.508 e. The molecule has 0 saturated carbocycles. The van der Waals surface area contributed by atoms with Crippen molar-refractivity contribution in [3.63, 3.8) is 0 Å². The molecule has 0 radical (unpaired) electrons. The monoisotopic (exact) mass is 219 g/mol. The van der Waals surface area contributed by atoms with E-state index in [9.17, 15) is 15.0 Å². The van der Waals surface area contributed by atoms with E-state index in [1.54, 1.807) is 6.92 Å². The fourth-order valence-electron chi connectivity index (χ4n) is 1.19. The Kier molecular flexibility index (Phi) is 4.22. The second-order valence-electron chi connectivity index (χ2n) is 3.17. The van der Waals surface area contributed by atoms with E-state index in [1.807, 2.05) is 0 Å². The van der Waals surface area contributed by atoms with E-state index in [-0.39, 0.29) is 23.0 Å². The maximum absolute atomic E-state index is 11.5. The van der Waals surface area contributed by atoms with Gasteiger partial charge in [-0.3, -0.25) is 4.79 Å². The summed E-state index contributed by atoms with van der Waals surface area (Å²) in [5, 5.41) is 21.0. The topological polar surface area (TPSA) is 69.6 Å². The molecule has 0 fully saturated rings. The lowest BCUT2D eigenvalue weighted by Gasteiger charge is -2.04. The molecular formula is C12H13NO3. The lowest BCUT2D eigenvalue weighted by molar-refractivity contribution is 0.0953. The fourth-order valence-corrected chi connectivity index (χ4v) is 1.19. The van der Waals surface area contributed by atoms with E-state index in [0.29, 0.717) is 13.0 Å². The van der Waals surface area contributed by atoms with Gasteiger partial charge < -0.3 is 15.5 Å². The first-order chi connectivity index (χ1) is 7.63. The minimum Gasteiger partial charge on any atom is -0.508 e. The number of carbonyl (C=O) groups excluding carboxylic acids is 1. The molecule has 0 heterocycles. The fraction of sp³-hybridized carbons (Fsp3) is 0.250. The Morgan fingerprint density at radius 3 is 2.50 bits per heavy atom. The maximum atomic E-state index is 11.5. The number of carbonyl (C=O) groups is 1. The van der Waals surface area contributed by atoms with Crippen LogP contribution in [-0.2, 0) is 0 Å². The van der Waals surface area contributed by atoms with Crippen molar-refractivity contribution in [3.8, 4) is 23.3 Å². The molecule has 0 aliphatic carbocycles. The van der Waals surface area contributed by atoms with Gasteiger partial charge in [0.2, 0.25) is 0 Å². The number of aromatic hydroxyl groups is 2. The van der Waals surface area contributed by atoms with Crippen molar-refractivity contribution in [1.29, 1.82) is 0 Å². The minimum atomic E-state index is -0.343. The van der Waals surface area contributed by atoms with Gasteiger partial charge >= 0.3 is 0 Å². The first-order valence-electron chi connectivity index (χ1n) is 4.84. The van der Waals surface area contributed by atoms with Crippen molar-refractivity contribution < 1.29 is 15.0 Å². The Hall–Kier alpha value is -2.15. The van der Waals surface area contributed by atoms with Crippen LogP contribution in [-0.4, -0.2) is 22.7 Å². The van der Waals surface area contributed by atoms with E-state index >= 15 is 0 Å². The smallest absolute Gasteiger partial charge is 0.251 e. The number of benzene rings is 1. The number of hydrogen-bond acceptors (Lipinski definition) is 3. The molecule has 1 rings (SSSR count). The highest BCUT2D eigenvalue weighted by Crippen LogP contribution is 2.20. The Bertz CT molecular complexity index is 423. The maximum Gasteiger partial charge on any atom is 0.251 e. The zero-order valence-electron chi connectivity index (χ0n) is 8.95. The predicted molar refractivity (Wildman–Crippen MR) is 60.2 cm³/mol. The normalized spacial score (nSPS) is 9.06. The molecule has 0 saturated heterocycles. The van der Waals surface area contributed by atoms with Crippen molar-refractivity contribution in [2.24, 2.45) is 0 Å². The van der Waals surface area contributed by atoms with Gasteiger partial charge in [0.05, 0.1) is 0 Å². The molecule has 84 valence electrons. The van der Waals surface area contributed by atoms with Crippen LogP contribution in [0, 0.1) is 11.8 Å². The number of phenols is 2. The summed E-state index contributed by atoms with van der Waals surface area (Å²) in [5.74, 6) is 4.91. The SMILES string of the molecule is CC#CCCNC(=O)c1cc(O)cc(O)c1. The third-order valence-corrected chi connectivity index (χ3v) is 1.88. The number of nitrogens with one attached hydrogen (secondary N) is 1. The van der Waals surface area contributed by atoms with Crippen LogP contribution < -0.4 is 5.32 Å². The number of amides is 1. The molecule has 0 atom stereocenters. The summed E-state index contributed by atoms with van der Waals surface area (Å²) >= 11 is 0. The summed E-state index contributed by atoms with van der Waals surface area (Å²) < 4.78 is 0. The summed E-state index contributed by atoms with van der Waals surface area (Å²) in [5.41, 5.74) is 0.224.